The average Bonchev–Trinajstić information content (AvgIpc) is 3.08. The summed E-state index contributed by atoms with van der Waals surface area (Å²) in [7, 11) is 0. The SMILES string of the molecule is CC1(CNCc2ccc(C#Cc3ccc([C]=O)cc3)cc2)CCCC1. The number of nitrogens with one attached hydrogen (secondary N) is 1. The molecule has 0 bridgehead atoms. The molecule has 2 heteroatoms. The second-order valence-corrected chi connectivity index (χ2v) is 7.25. The quantitative estimate of drug-likeness (QED) is 0.832. The lowest BCUT2D eigenvalue weighted by Crippen LogP contribution is -2.29. The van der Waals surface area contributed by atoms with Gasteiger partial charge in [-0.3, -0.25) is 4.79 Å². The third-order valence-corrected chi connectivity index (χ3v) is 5.00. The van der Waals surface area contributed by atoms with Crippen LogP contribution in [0.4, 0.5) is 0 Å². The van der Waals surface area contributed by atoms with Crippen molar-refractivity contribution in [3.63, 3.8) is 0 Å². The summed E-state index contributed by atoms with van der Waals surface area (Å²) in [6, 6.07) is 15.6. The first-order chi connectivity index (χ1) is 12.2. The van der Waals surface area contributed by atoms with Gasteiger partial charge < -0.3 is 5.32 Å². The number of hydrogen-bond acceptors (Lipinski definition) is 2. The molecule has 0 aliphatic heterocycles. The van der Waals surface area contributed by atoms with E-state index >= 15 is 0 Å². The Balaban J connectivity index is 1.53. The van der Waals surface area contributed by atoms with E-state index < -0.39 is 0 Å². The van der Waals surface area contributed by atoms with Gasteiger partial charge in [0.05, 0.1) is 0 Å². The average molecular weight is 330 g/mol. The molecule has 2 aromatic rings. The summed E-state index contributed by atoms with van der Waals surface area (Å²) in [6.07, 6.45) is 7.32. The van der Waals surface area contributed by atoms with Crippen LogP contribution in [0.25, 0.3) is 0 Å². The Morgan fingerprint density at radius 1 is 0.880 bits per heavy atom. The Morgan fingerprint density at radius 2 is 1.40 bits per heavy atom. The highest BCUT2D eigenvalue weighted by Crippen LogP contribution is 2.36. The molecule has 0 atom stereocenters. The summed E-state index contributed by atoms with van der Waals surface area (Å²) in [5, 5.41) is 3.60. The van der Waals surface area contributed by atoms with E-state index in [1.165, 1.54) is 31.2 Å². The molecule has 0 unspecified atom stereocenters. The Bertz CT molecular complexity index is 756. The van der Waals surface area contributed by atoms with E-state index in [4.69, 9.17) is 0 Å². The maximum atomic E-state index is 10.5. The third-order valence-electron chi connectivity index (χ3n) is 5.00. The monoisotopic (exact) mass is 330 g/mol. The van der Waals surface area contributed by atoms with Gasteiger partial charge >= 0.3 is 0 Å². The lowest BCUT2D eigenvalue weighted by molar-refractivity contribution is 0.314. The van der Waals surface area contributed by atoms with Gasteiger partial charge in [0, 0.05) is 29.8 Å². The minimum atomic E-state index is 0.489. The topological polar surface area (TPSA) is 29.1 Å². The molecule has 0 heterocycles. The molecule has 3 rings (SSSR count). The molecule has 2 nitrogen and oxygen atoms in total. The van der Waals surface area contributed by atoms with Gasteiger partial charge in [0.15, 0.2) is 0 Å². The molecular weight excluding hydrogens is 306 g/mol. The lowest BCUT2D eigenvalue weighted by atomic mass is 9.89. The third kappa shape index (κ3) is 5.05. The van der Waals surface area contributed by atoms with Gasteiger partial charge in [-0.05, 0) is 60.2 Å². The van der Waals surface area contributed by atoms with Gasteiger partial charge in [0.25, 0.3) is 0 Å². The van der Waals surface area contributed by atoms with Crippen molar-refractivity contribution >= 4 is 6.29 Å². The van der Waals surface area contributed by atoms with Crippen molar-refractivity contribution in [1.82, 2.24) is 5.32 Å². The fraction of sp³-hybridized carbons (Fsp3) is 0.348. The molecule has 2 aromatic carbocycles. The molecule has 1 radical (unpaired) electrons. The van der Waals surface area contributed by atoms with Crippen LogP contribution in [0.5, 0.6) is 0 Å². The fourth-order valence-corrected chi connectivity index (χ4v) is 3.39. The highest BCUT2D eigenvalue weighted by atomic mass is 16.1. The standard InChI is InChI=1S/C23H24NO/c1-23(14-2-3-15-23)18-24-16-21-10-6-19(7-11-21)4-5-20-8-12-22(17-25)13-9-20/h6-13,24H,2-3,14-16,18H2,1H3. The van der Waals surface area contributed by atoms with E-state index in [1.807, 2.05) is 18.4 Å². The van der Waals surface area contributed by atoms with Crippen LogP contribution < -0.4 is 5.32 Å². The van der Waals surface area contributed by atoms with Crippen LogP contribution in [0.15, 0.2) is 48.5 Å². The van der Waals surface area contributed by atoms with Crippen LogP contribution in [-0.2, 0) is 11.3 Å². The van der Waals surface area contributed by atoms with E-state index in [0.717, 1.165) is 24.2 Å². The molecular formula is C23H24NO. The number of carbonyl (C=O) groups excluding carboxylic acids is 1. The lowest BCUT2D eigenvalue weighted by Gasteiger charge is -2.23. The van der Waals surface area contributed by atoms with Crippen LogP contribution in [0.3, 0.4) is 0 Å². The fourth-order valence-electron chi connectivity index (χ4n) is 3.39. The smallest absolute Gasteiger partial charge is 0.233 e. The zero-order chi connectivity index (χ0) is 17.5. The van der Waals surface area contributed by atoms with Crippen molar-refractivity contribution in [2.24, 2.45) is 5.41 Å². The highest BCUT2D eigenvalue weighted by molar-refractivity contribution is 5.75. The summed E-state index contributed by atoms with van der Waals surface area (Å²) in [6.45, 7) is 4.40. The van der Waals surface area contributed by atoms with Crippen molar-refractivity contribution in [1.29, 1.82) is 0 Å². The van der Waals surface area contributed by atoms with Gasteiger partial charge in [-0.15, -0.1) is 0 Å². The second kappa shape index (κ2) is 8.14. The van der Waals surface area contributed by atoms with Crippen molar-refractivity contribution in [3.05, 3.63) is 70.8 Å². The second-order valence-electron chi connectivity index (χ2n) is 7.25. The molecule has 0 aromatic heterocycles. The number of hydrogen-bond donors (Lipinski definition) is 1. The Morgan fingerprint density at radius 3 is 1.96 bits per heavy atom. The van der Waals surface area contributed by atoms with Crippen LogP contribution >= 0.6 is 0 Å². The van der Waals surface area contributed by atoms with E-state index in [1.54, 1.807) is 12.1 Å². The maximum Gasteiger partial charge on any atom is 0.233 e. The Hall–Kier alpha value is -2.37. The van der Waals surface area contributed by atoms with E-state index in [0.29, 0.717) is 11.0 Å². The summed E-state index contributed by atoms with van der Waals surface area (Å²) < 4.78 is 0. The molecule has 1 aliphatic carbocycles. The van der Waals surface area contributed by atoms with E-state index in [9.17, 15) is 4.79 Å². The summed E-state index contributed by atoms with van der Waals surface area (Å²) in [5.74, 6) is 6.29. The predicted octanol–water partition coefficient (Wildman–Crippen LogP) is 4.21. The molecule has 0 amide bonds. The minimum Gasteiger partial charge on any atom is -0.312 e. The van der Waals surface area contributed by atoms with Crippen LogP contribution in [0, 0.1) is 17.3 Å². The van der Waals surface area contributed by atoms with Gasteiger partial charge in [0.1, 0.15) is 0 Å². The van der Waals surface area contributed by atoms with Gasteiger partial charge in [-0.25, -0.2) is 0 Å². The first-order valence-corrected chi connectivity index (χ1v) is 8.97. The highest BCUT2D eigenvalue weighted by Gasteiger charge is 2.27. The van der Waals surface area contributed by atoms with Crippen LogP contribution in [-0.4, -0.2) is 12.8 Å². The van der Waals surface area contributed by atoms with Crippen molar-refractivity contribution in [2.45, 2.75) is 39.2 Å². The Labute approximate surface area is 150 Å². The largest absolute Gasteiger partial charge is 0.312 e. The zero-order valence-corrected chi connectivity index (χ0v) is 14.8. The molecule has 0 saturated heterocycles. The number of rotatable bonds is 5. The van der Waals surface area contributed by atoms with Gasteiger partial charge in [-0.1, -0.05) is 43.7 Å². The normalized spacial score (nSPS) is 15.4. The molecule has 1 N–H and O–H groups in total. The van der Waals surface area contributed by atoms with Crippen molar-refractivity contribution < 1.29 is 4.79 Å². The zero-order valence-electron chi connectivity index (χ0n) is 14.8. The Kier molecular flexibility index (Phi) is 5.68. The molecule has 1 fully saturated rings. The number of benzene rings is 2. The molecule has 127 valence electrons. The summed E-state index contributed by atoms with van der Waals surface area (Å²) >= 11 is 0. The first kappa shape index (κ1) is 17.5. The van der Waals surface area contributed by atoms with E-state index in [2.05, 4.69) is 48.3 Å². The van der Waals surface area contributed by atoms with Gasteiger partial charge in [-0.2, -0.15) is 0 Å². The molecule has 1 saturated carbocycles. The molecule has 1 aliphatic rings. The summed E-state index contributed by atoms with van der Waals surface area (Å²) in [4.78, 5) is 10.5. The van der Waals surface area contributed by atoms with Crippen LogP contribution in [0.2, 0.25) is 0 Å². The predicted molar refractivity (Wildman–Crippen MR) is 102 cm³/mol. The minimum absolute atomic E-state index is 0.489. The molecule has 0 spiro atoms. The van der Waals surface area contributed by atoms with Crippen molar-refractivity contribution in [2.75, 3.05) is 6.54 Å². The van der Waals surface area contributed by atoms with Crippen molar-refractivity contribution in [3.8, 4) is 11.8 Å². The first-order valence-electron chi connectivity index (χ1n) is 8.97. The van der Waals surface area contributed by atoms with E-state index in [-0.39, 0.29) is 0 Å². The van der Waals surface area contributed by atoms with Gasteiger partial charge in [0.2, 0.25) is 6.29 Å². The summed E-state index contributed by atoms with van der Waals surface area (Å²) in [5.41, 5.74) is 4.22. The van der Waals surface area contributed by atoms with Crippen LogP contribution in [0.1, 0.15) is 54.9 Å². The maximum absolute atomic E-state index is 10.5. The molecule has 25 heavy (non-hydrogen) atoms.